The molecule has 0 unspecified atom stereocenters. The second-order valence-corrected chi connectivity index (χ2v) is 11.7. The van der Waals surface area contributed by atoms with Crippen molar-refractivity contribution >= 4 is 23.4 Å². The molecule has 7 heteroatoms. The summed E-state index contributed by atoms with van der Waals surface area (Å²) >= 11 is 0. The molecule has 2 aromatic rings. The first-order valence-electron chi connectivity index (χ1n) is 13.5. The van der Waals surface area contributed by atoms with Gasteiger partial charge >= 0.3 is 0 Å². The molecule has 3 amide bonds. The molecule has 38 heavy (non-hydrogen) atoms. The van der Waals surface area contributed by atoms with Crippen LogP contribution in [0.5, 0.6) is 0 Å². The van der Waals surface area contributed by atoms with Gasteiger partial charge in [0, 0.05) is 29.3 Å². The van der Waals surface area contributed by atoms with Crippen LogP contribution in [0.25, 0.3) is 0 Å². The maximum atomic E-state index is 13.4. The number of allylic oxidation sites excluding steroid dienone is 1. The van der Waals surface area contributed by atoms with Crippen LogP contribution in [0.1, 0.15) is 43.4 Å². The van der Waals surface area contributed by atoms with E-state index in [9.17, 15) is 14.4 Å². The summed E-state index contributed by atoms with van der Waals surface area (Å²) in [6.45, 7) is 4.66. The third-order valence-electron chi connectivity index (χ3n) is 8.63. The molecule has 0 saturated carbocycles. The minimum absolute atomic E-state index is 0.0101. The number of benzene rings is 2. The zero-order valence-corrected chi connectivity index (χ0v) is 22.0. The van der Waals surface area contributed by atoms with Crippen molar-refractivity contribution in [1.29, 1.82) is 0 Å². The Labute approximate surface area is 223 Å². The third-order valence-corrected chi connectivity index (χ3v) is 8.63. The van der Waals surface area contributed by atoms with Crippen LogP contribution >= 0.6 is 0 Å². The summed E-state index contributed by atoms with van der Waals surface area (Å²) in [4.78, 5) is 41.4. The molecule has 3 aliphatic heterocycles. The highest BCUT2D eigenvalue weighted by Crippen LogP contribution is 2.48. The molecule has 2 aromatic carbocycles. The van der Waals surface area contributed by atoms with Crippen LogP contribution in [0, 0.1) is 10.8 Å². The highest BCUT2D eigenvalue weighted by molar-refractivity contribution is 5.96. The fourth-order valence-electron chi connectivity index (χ4n) is 6.49. The van der Waals surface area contributed by atoms with Crippen LogP contribution in [0.3, 0.4) is 0 Å². The van der Waals surface area contributed by atoms with Crippen LogP contribution in [-0.4, -0.2) is 41.8 Å². The van der Waals surface area contributed by atoms with Crippen molar-refractivity contribution in [2.75, 3.05) is 18.4 Å². The predicted octanol–water partition coefficient (Wildman–Crippen LogP) is 3.47. The minimum Gasteiger partial charge on any atom is -0.368 e. The van der Waals surface area contributed by atoms with Gasteiger partial charge in [-0.3, -0.25) is 14.4 Å². The number of nitrogens with zero attached hydrogens (tertiary/aromatic N) is 1. The van der Waals surface area contributed by atoms with Crippen LogP contribution < -0.4 is 16.0 Å². The van der Waals surface area contributed by atoms with Crippen molar-refractivity contribution in [2.24, 2.45) is 10.8 Å². The molecule has 1 spiro atoms. The fourth-order valence-corrected chi connectivity index (χ4v) is 6.49. The van der Waals surface area contributed by atoms with E-state index in [2.05, 4.69) is 34.2 Å². The molecule has 6 rings (SSSR count). The van der Waals surface area contributed by atoms with Crippen molar-refractivity contribution in [3.05, 3.63) is 88.8 Å². The Hall–Kier alpha value is -3.87. The van der Waals surface area contributed by atoms with Gasteiger partial charge in [0.1, 0.15) is 12.4 Å². The first kappa shape index (κ1) is 24.5. The quantitative estimate of drug-likeness (QED) is 0.575. The Kier molecular flexibility index (Phi) is 5.89. The van der Waals surface area contributed by atoms with Crippen molar-refractivity contribution in [2.45, 2.75) is 52.0 Å². The lowest BCUT2D eigenvalue weighted by Gasteiger charge is -2.43. The van der Waals surface area contributed by atoms with Gasteiger partial charge in [-0.25, -0.2) is 0 Å². The maximum absolute atomic E-state index is 13.4. The molecule has 1 fully saturated rings. The molecule has 0 bridgehead atoms. The second-order valence-electron chi connectivity index (χ2n) is 11.7. The Morgan fingerprint density at radius 3 is 2.68 bits per heavy atom. The molecule has 196 valence electrons. The second kappa shape index (κ2) is 9.15. The molecule has 7 nitrogen and oxygen atoms in total. The highest BCUT2D eigenvalue weighted by Gasteiger charge is 2.51. The minimum atomic E-state index is -0.597. The summed E-state index contributed by atoms with van der Waals surface area (Å²) in [5, 5.41) is 9.31. The van der Waals surface area contributed by atoms with E-state index in [0.29, 0.717) is 25.1 Å². The van der Waals surface area contributed by atoms with E-state index in [1.807, 2.05) is 56.3 Å². The lowest BCUT2D eigenvalue weighted by molar-refractivity contribution is -0.150. The summed E-state index contributed by atoms with van der Waals surface area (Å²) in [7, 11) is 0. The molecule has 4 aliphatic rings. The van der Waals surface area contributed by atoms with Gasteiger partial charge in [0.05, 0.1) is 5.41 Å². The first-order chi connectivity index (χ1) is 18.2. The summed E-state index contributed by atoms with van der Waals surface area (Å²) in [5.74, 6) is 0.669. The van der Waals surface area contributed by atoms with E-state index < -0.39 is 10.8 Å². The largest absolute Gasteiger partial charge is 0.368 e. The summed E-state index contributed by atoms with van der Waals surface area (Å²) < 4.78 is 0. The third kappa shape index (κ3) is 4.20. The number of amides is 3. The Morgan fingerprint density at radius 2 is 1.87 bits per heavy atom. The molecule has 0 aromatic heterocycles. The van der Waals surface area contributed by atoms with Crippen molar-refractivity contribution in [3.63, 3.8) is 0 Å². The number of nitrogens with one attached hydrogen (secondary N) is 3. The van der Waals surface area contributed by atoms with Crippen molar-refractivity contribution in [1.82, 2.24) is 15.5 Å². The number of dihydropyridines is 1. The van der Waals surface area contributed by atoms with E-state index in [1.54, 1.807) is 4.90 Å². The molecule has 1 saturated heterocycles. The van der Waals surface area contributed by atoms with E-state index in [1.165, 1.54) is 5.56 Å². The SMILES string of the molecule is CC1(C)CC[C@@H](Cc2ccccc2)N(CC(=O)Nc2ccc3c(c2)C[C@@]2(C3)C(=O)NC3=C2C=CCN3)C1=O. The highest BCUT2D eigenvalue weighted by atomic mass is 16.2. The summed E-state index contributed by atoms with van der Waals surface area (Å²) in [6, 6.07) is 16.0. The van der Waals surface area contributed by atoms with Gasteiger partial charge in [0.25, 0.3) is 0 Å². The van der Waals surface area contributed by atoms with Gasteiger partial charge in [-0.15, -0.1) is 0 Å². The van der Waals surface area contributed by atoms with E-state index in [0.717, 1.165) is 41.8 Å². The van der Waals surface area contributed by atoms with Crippen molar-refractivity contribution < 1.29 is 14.4 Å². The number of likely N-dealkylation sites (tertiary alicyclic amines) is 1. The van der Waals surface area contributed by atoms with Crippen molar-refractivity contribution in [3.8, 4) is 0 Å². The van der Waals surface area contributed by atoms with Crippen LogP contribution in [-0.2, 0) is 33.6 Å². The van der Waals surface area contributed by atoms with E-state index in [4.69, 9.17) is 0 Å². The van der Waals surface area contributed by atoms with Crippen LogP contribution in [0.4, 0.5) is 5.69 Å². The Bertz CT molecular complexity index is 1380. The monoisotopic (exact) mass is 510 g/mol. The molecular weight excluding hydrogens is 476 g/mol. The molecule has 1 aliphatic carbocycles. The zero-order valence-electron chi connectivity index (χ0n) is 22.0. The normalized spacial score (nSPS) is 25.2. The maximum Gasteiger partial charge on any atom is 0.244 e. The molecule has 0 radical (unpaired) electrons. The summed E-state index contributed by atoms with van der Waals surface area (Å²) in [6.07, 6.45) is 7.76. The number of hydrogen-bond acceptors (Lipinski definition) is 4. The number of piperidine rings is 1. The standard InChI is InChI=1S/C31H34N4O3/c1-30(2)13-12-24(15-20-7-4-3-5-8-20)35(29(30)38)19-26(36)33-23-11-10-21-17-31(18-22(21)16-23)25-9-6-14-32-27(25)34-28(31)37/h3-11,16,24,32H,12-15,17-19H2,1-2H3,(H,33,36)(H,34,37)/t24-,31+/m0/s1. The summed E-state index contributed by atoms with van der Waals surface area (Å²) in [5.41, 5.74) is 4.00. The molecule has 2 atom stereocenters. The lowest BCUT2D eigenvalue weighted by atomic mass is 9.78. The van der Waals surface area contributed by atoms with Gasteiger partial charge in [-0.1, -0.05) is 62.4 Å². The van der Waals surface area contributed by atoms with Crippen LogP contribution in [0.2, 0.25) is 0 Å². The average molecular weight is 511 g/mol. The van der Waals surface area contributed by atoms with Gasteiger partial charge in [0.2, 0.25) is 17.7 Å². The number of carbonyl (C=O) groups is 3. The van der Waals surface area contributed by atoms with E-state index in [-0.39, 0.29) is 30.3 Å². The number of carbonyl (C=O) groups excluding carboxylic acids is 3. The number of anilines is 1. The smallest absolute Gasteiger partial charge is 0.244 e. The Balaban J connectivity index is 1.17. The average Bonchev–Trinajstić information content (AvgIpc) is 3.41. The zero-order chi connectivity index (χ0) is 26.5. The van der Waals surface area contributed by atoms with Gasteiger partial charge in [0.15, 0.2) is 0 Å². The molecule has 3 N–H and O–H groups in total. The number of fused-ring (bicyclic) bond motifs is 2. The molecule has 3 heterocycles. The van der Waals surface area contributed by atoms with Gasteiger partial charge in [-0.2, -0.15) is 0 Å². The van der Waals surface area contributed by atoms with Gasteiger partial charge in [-0.05, 0) is 60.9 Å². The van der Waals surface area contributed by atoms with Crippen LogP contribution in [0.15, 0.2) is 72.1 Å². The van der Waals surface area contributed by atoms with Gasteiger partial charge < -0.3 is 20.9 Å². The number of hydrogen-bond donors (Lipinski definition) is 3. The molecular formula is C31H34N4O3. The predicted molar refractivity (Wildman–Crippen MR) is 146 cm³/mol. The van der Waals surface area contributed by atoms with E-state index >= 15 is 0 Å². The fraction of sp³-hybridized carbons (Fsp3) is 0.387. The number of rotatable bonds is 5. The Morgan fingerprint density at radius 1 is 1.08 bits per heavy atom. The first-order valence-corrected chi connectivity index (χ1v) is 13.5. The topological polar surface area (TPSA) is 90.5 Å². The lowest BCUT2D eigenvalue weighted by Crippen LogP contribution is -2.54.